The van der Waals surface area contributed by atoms with E-state index in [1.54, 1.807) is 14.0 Å². The third-order valence-corrected chi connectivity index (χ3v) is 6.23. The predicted octanol–water partition coefficient (Wildman–Crippen LogP) is 2.10. The minimum Gasteiger partial charge on any atom is -0.351 e. The van der Waals surface area contributed by atoms with Gasteiger partial charge in [0, 0.05) is 25.7 Å². The van der Waals surface area contributed by atoms with Crippen LogP contribution in [0.5, 0.6) is 0 Å². The van der Waals surface area contributed by atoms with E-state index in [4.69, 9.17) is 0 Å². The molecule has 3 amide bonds. The molecule has 2 N–H and O–H groups in total. The van der Waals surface area contributed by atoms with Gasteiger partial charge in [-0.15, -0.1) is 0 Å². The zero-order chi connectivity index (χ0) is 21.0. The molecule has 1 aliphatic heterocycles. The minimum atomic E-state index is -1.04. The fourth-order valence-corrected chi connectivity index (χ4v) is 4.07. The maximum absolute atomic E-state index is 13.2. The lowest BCUT2D eigenvalue weighted by Gasteiger charge is -2.41. The van der Waals surface area contributed by atoms with Crippen molar-refractivity contribution >= 4 is 17.7 Å². The van der Waals surface area contributed by atoms with E-state index in [0.717, 1.165) is 38.5 Å². The van der Waals surface area contributed by atoms with Crippen molar-refractivity contribution in [3.05, 3.63) is 17.5 Å². The number of unbranched alkanes of at least 4 members (excludes halogenated alkanes) is 1. The number of aromatic nitrogens is 2. The van der Waals surface area contributed by atoms with Crippen LogP contribution in [0, 0.1) is 0 Å². The maximum Gasteiger partial charge on any atom is 0.272 e. The van der Waals surface area contributed by atoms with E-state index in [-0.39, 0.29) is 36.0 Å². The van der Waals surface area contributed by atoms with Crippen LogP contribution in [0.1, 0.15) is 86.2 Å². The van der Waals surface area contributed by atoms with Gasteiger partial charge in [0.2, 0.25) is 5.91 Å². The third kappa shape index (κ3) is 4.46. The molecule has 1 aromatic rings. The first-order valence-corrected chi connectivity index (χ1v) is 10.8. The van der Waals surface area contributed by atoms with E-state index in [2.05, 4.69) is 22.7 Å². The van der Waals surface area contributed by atoms with Crippen LogP contribution < -0.4 is 10.6 Å². The first kappa shape index (κ1) is 21.3. The molecule has 1 aromatic heterocycles. The van der Waals surface area contributed by atoms with Crippen molar-refractivity contribution in [3.63, 3.8) is 0 Å². The average Bonchev–Trinajstić information content (AvgIpc) is 2.95. The zero-order valence-corrected chi connectivity index (χ0v) is 17.8. The number of hydrogen-bond acceptors (Lipinski definition) is 4. The average molecular weight is 404 g/mol. The van der Waals surface area contributed by atoms with E-state index >= 15 is 0 Å². The van der Waals surface area contributed by atoms with Crippen LogP contribution >= 0.6 is 0 Å². The smallest absolute Gasteiger partial charge is 0.272 e. The van der Waals surface area contributed by atoms with E-state index in [1.165, 1.54) is 28.5 Å². The van der Waals surface area contributed by atoms with Crippen LogP contribution in [-0.2, 0) is 11.3 Å². The maximum atomic E-state index is 13.2. The predicted molar refractivity (Wildman–Crippen MR) is 110 cm³/mol. The molecule has 2 aliphatic rings. The number of nitrogens with zero attached hydrogens (tertiary/aromatic N) is 3. The van der Waals surface area contributed by atoms with Crippen LogP contribution in [0.15, 0.2) is 6.07 Å². The largest absolute Gasteiger partial charge is 0.351 e. The Labute approximate surface area is 172 Å². The summed E-state index contributed by atoms with van der Waals surface area (Å²) in [5.74, 6) is -0.745. The molecular formula is C21H33N5O3. The molecule has 0 radical (unpaired) electrons. The summed E-state index contributed by atoms with van der Waals surface area (Å²) in [6.45, 7) is 4.62. The van der Waals surface area contributed by atoms with E-state index in [0.29, 0.717) is 12.2 Å². The van der Waals surface area contributed by atoms with E-state index in [9.17, 15) is 14.4 Å². The van der Waals surface area contributed by atoms with Crippen LogP contribution in [-0.4, -0.2) is 57.6 Å². The Morgan fingerprint density at radius 3 is 2.59 bits per heavy atom. The second-order valence-corrected chi connectivity index (χ2v) is 8.48. The number of hydrogen-bond donors (Lipinski definition) is 2. The summed E-state index contributed by atoms with van der Waals surface area (Å²) < 4.78 is 1.50. The Morgan fingerprint density at radius 2 is 1.93 bits per heavy atom. The van der Waals surface area contributed by atoms with Crippen LogP contribution in [0.4, 0.5) is 0 Å². The fraction of sp³-hybridized carbons (Fsp3) is 0.714. The molecule has 3 rings (SSSR count). The molecule has 1 fully saturated rings. The first-order valence-electron chi connectivity index (χ1n) is 10.8. The third-order valence-electron chi connectivity index (χ3n) is 6.23. The molecule has 1 aliphatic carbocycles. The number of carbonyl (C=O) groups excluding carboxylic acids is 3. The molecule has 160 valence electrons. The summed E-state index contributed by atoms with van der Waals surface area (Å²) in [7, 11) is 1.65. The lowest BCUT2D eigenvalue weighted by Crippen LogP contribution is -2.63. The highest BCUT2D eigenvalue weighted by Crippen LogP contribution is 2.27. The van der Waals surface area contributed by atoms with Crippen molar-refractivity contribution < 1.29 is 14.4 Å². The van der Waals surface area contributed by atoms with Crippen molar-refractivity contribution in [2.24, 2.45) is 0 Å². The summed E-state index contributed by atoms with van der Waals surface area (Å²) >= 11 is 0. The van der Waals surface area contributed by atoms with Gasteiger partial charge < -0.3 is 15.5 Å². The quantitative estimate of drug-likeness (QED) is 0.562. The second kappa shape index (κ2) is 8.97. The molecule has 1 saturated carbocycles. The van der Waals surface area contributed by atoms with Crippen LogP contribution in [0.3, 0.4) is 0 Å². The monoisotopic (exact) mass is 403 g/mol. The Kier molecular flexibility index (Phi) is 6.59. The van der Waals surface area contributed by atoms with Gasteiger partial charge in [-0.05, 0) is 26.2 Å². The normalized spacial score (nSPS) is 22.7. The SMILES string of the molecule is CCCCNC(=O)c1cc2n(n1)C[C@](C)(C(=O)NC1CCCCCC1)N(C)C2=O. The highest BCUT2D eigenvalue weighted by atomic mass is 16.2. The van der Waals surface area contributed by atoms with Gasteiger partial charge in [0.1, 0.15) is 11.2 Å². The molecule has 8 heteroatoms. The van der Waals surface area contributed by atoms with Gasteiger partial charge in [0.25, 0.3) is 11.8 Å². The van der Waals surface area contributed by atoms with Crippen LogP contribution in [0.25, 0.3) is 0 Å². The Hall–Kier alpha value is -2.38. The standard InChI is InChI=1S/C21H33N5O3/c1-4-5-12-22-18(27)16-13-17-19(28)25(3)21(2,14-26(17)24-16)20(29)23-15-10-8-6-7-9-11-15/h13,15H,4-12,14H2,1-3H3,(H,22,27)(H,23,29)/t21-/m1/s1. The minimum absolute atomic E-state index is 0.157. The van der Waals surface area contributed by atoms with Gasteiger partial charge in [-0.3, -0.25) is 19.1 Å². The number of fused-ring (bicyclic) bond motifs is 1. The molecule has 0 spiro atoms. The zero-order valence-electron chi connectivity index (χ0n) is 17.8. The molecule has 0 bridgehead atoms. The van der Waals surface area contributed by atoms with Crippen molar-refractivity contribution in [2.75, 3.05) is 13.6 Å². The molecule has 1 atom stereocenters. The highest BCUT2D eigenvalue weighted by Gasteiger charge is 2.46. The van der Waals surface area contributed by atoms with Gasteiger partial charge in [0.05, 0.1) is 6.54 Å². The summed E-state index contributed by atoms with van der Waals surface area (Å²) in [5.41, 5.74) is -0.489. The number of amides is 3. The molecule has 0 saturated heterocycles. The summed E-state index contributed by atoms with van der Waals surface area (Å²) in [6, 6.07) is 1.67. The number of rotatable bonds is 6. The number of carbonyl (C=O) groups is 3. The number of likely N-dealkylation sites (N-methyl/N-ethyl adjacent to an activating group) is 1. The summed E-state index contributed by atoms with van der Waals surface area (Å²) in [5, 5.41) is 10.3. The summed E-state index contributed by atoms with van der Waals surface area (Å²) in [4.78, 5) is 39.9. The van der Waals surface area contributed by atoms with Crippen molar-refractivity contribution in [1.82, 2.24) is 25.3 Å². The molecule has 2 heterocycles. The lowest BCUT2D eigenvalue weighted by molar-refractivity contribution is -0.133. The van der Waals surface area contributed by atoms with E-state index in [1.807, 2.05) is 0 Å². The molecular weight excluding hydrogens is 370 g/mol. The van der Waals surface area contributed by atoms with Crippen molar-refractivity contribution in [2.45, 2.75) is 83.3 Å². The first-order chi connectivity index (χ1) is 13.9. The molecule has 8 nitrogen and oxygen atoms in total. The molecule has 0 unspecified atom stereocenters. The second-order valence-electron chi connectivity index (χ2n) is 8.48. The van der Waals surface area contributed by atoms with Gasteiger partial charge in [-0.1, -0.05) is 39.0 Å². The van der Waals surface area contributed by atoms with Gasteiger partial charge >= 0.3 is 0 Å². The Bertz CT molecular complexity index is 766. The van der Waals surface area contributed by atoms with Gasteiger partial charge in [-0.2, -0.15) is 5.10 Å². The fourth-order valence-electron chi connectivity index (χ4n) is 4.07. The molecule has 0 aromatic carbocycles. The topological polar surface area (TPSA) is 96.3 Å². The van der Waals surface area contributed by atoms with Crippen LogP contribution in [0.2, 0.25) is 0 Å². The van der Waals surface area contributed by atoms with Crippen molar-refractivity contribution in [3.8, 4) is 0 Å². The van der Waals surface area contributed by atoms with E-state index < -0.39 is 5.54 Å². The number of nitrogens with one attached hydrogen (secondary N) is 2. The Morgan fingerprint density at radius 1 is 1.24 bits per heavy atom. The van der Waals surface area contributed by atoms with Gasteiger partial charge in [-0.25, -0.2) is 0 Å². The van der Waals surface area contributed by atoms with Crippen molar-refractivity contribution in [1.29, 1.82) is 0 Å². The van der Waals surface area contributed by atoms with Gasteiger partial charge in [0.15, 0.2) is 5.69 Å². The lowest BCUT2D eigenvalue weighted by atomic mass is 9.95. The molecule has 29 heavy (non-hydrogen) atoms. The highest BCUT2D eigenvalue weighted by molar-refractivity contribution is 6.01. The Balaban J connectivity index is 1.75. The summed E-state index contributed by atoms with van der Waals surface area (Å²) in [6.07, 6.45) is 8.50.